The second kappa shape index (κ2) is 14.7. The van der Waals surface area contributed by atoms with E-state index in [9.17, 15) is 19.2 Å². The largest absolute Gasteiger partial charge is 0.397 e. The summed E-state index contributed by atoms with van der Waals surface area (Å²) < 4.78 is 5.77. The number of amides is 5. The third-order valence-corrected chi connectivity index (χ3v) is 7.16. The van der Waals surface area contributed by atoms with E-state index in [1.807, 2.05) is 13.0 Å². The molecule has 3 fully saturated rings. The molecule has 2 aromatic rings. The molecule has 2 heterocycles. The maximum Gasteiger partial charge on any atom is 0.343 e. The van der Waals surface area contributed by atoms with Crippen LogP contribution in [-0.2, 0) is 20.9 Å². The van der Waals surface area contributed by atoms with Gasteiger partial charge in [0.05, 0.1) is 54.3 Å². The van der Waals surface area contributed by atoms with Crippen molar-refractivity contribution in [3.63, 3.8) is 0 Å². The highest BCUT2D eigenvalue weighted by Crippen LogP contribution is 2.61. The smallest absolute Gasteiger partial charge is 0.343 e. The van der Waals surface area contributed by atoms with Gasteiger partial charge in [0.25, 0.3) is 5.91 Å². The first kappa shape index (κ1) is 32.2. The van der Waals surface area contributed by atoms with Crippen LogP contribution in [0.3, 0.4) is 0 Å². The molecule has 3 aliphatic rings. The summed E-state index contributed by atoms with van der Waals surface area (Å²) in [5.41, 5.74) is 8.35. The molecule has 44 heavy (non-hydrogen) atoms. The number of benzene rings is 1. The number of nitrogen functional groups attached to an aromatic ring is 1. The highest BCUT2D eigenvalue weighted by molar-refractivity contribution is 6.08. The van der Waals surface area contributed by atoms with Crippen molar-refractivity contribution in [2.24, 2.45) is 16.8 Å². The third-order valence-electron chi connectivity index (χ3n) is 7.16. The van der Waals surface area contributed by atoms with Crippen molar-refractivity contribution in [3.8, 4) is 0 Å². The van der Waals surface area contributed by atoms with Crippen molar-refractivity contribution in [2.75, 3.05) is 17.7 Å². The predicted octanol–water partition coefficient (Wildman–Crippen LogP) is 1.60. The Morgan fingerprint density at radius 3 is 2.55 bits per heavy atom. The summed E-state index contributed by atoms with van der Waals surface area (Å²) in [6, 6.07) is 4.73. The highest BCUT2D eigenvalue weighted by atomic mass is 16.5. The minimum absolute atomic E-state index is 0.0163. The molecule has 14 heteroatoms. The molecule has 1 aliphatic heterocycles. The number of nitrogens with zero attached hydrogens (tertiary/aromatic N) is 3. The molecule has 1 aromatic carbocycles. The molecule has 2 saturated carbocycles. The first-order chi connectivity index (χ1) is 21.1. The molecular formula is C30H38N8O6. The van der Waals surface area contributed by atoms with Crippen LogP contribution in [0, 0.1) is 18.8 Å². The van der Waals surface area contributed by atoms with Gasteiger partial charge in [-0.15, -0.1) is 0 Å². The second-order valence-corrected chi connectivity index (χ2v) is 10.7. The van der Waals surface area contributed by atoms with Gasteiger partial charge in [-0.05, 0) is 56.9 Å². The number of aryl methyl sites for hydroxylation is 1. The fourth-order valence-corrected chi connectivity index (χ4v) is 4.93. The summed E-state index contributed by atoms with van der Waals surface area (Å²) in [6.07, 6.45) is 7.17. The lowest BCUT2D eigenvalue weighted by atomic mass is 10.2. The van der Waals surface area contributed by atoms with Crippen molar-refractivity contribution in [1.82, 2.24) is 25.9 Å². The number of nitrogens with two attached hydrogens (primary N) is 1. The van der Waals surface area contributed by atoms with Crippen LogP contribution < -0.4 is 27.0 Å². The lowest BCUT2D eigenvalue weighted by Crippen LogP contribution is -2.34. The lowest BCUT2D eigenvalue weighted by molar-refractivity contribution is -0.125. The Labute approximate surface area is 255 Å². The average Bonchev–Trinajstić information content (AvgIpc) is 3.87. The van der Waals surface area contributed by atoms with Gasteiger partial charge in [0.15, 0.2) is 0 Å². The van der Waals surface area contributed by atoms with Crippen LogP contribution in [0.25, 0.3) is 0 Å². The molecule has 5 unspecified atom stereocenters. The van der Waals surface area contributed by atoms with Crippen molar-refractivity contribution in [3.05, 3.63) is 59.7 Å². The fourth-order valence-electron chi connectivity index (χ4n) is 4.93. The van der Waals surface area contributed by atoms with E-state index in [1.54, 1.807) is 32.1 Å². The Kier molecular flexibility index (Phi) is 10.7. The van der Waals surface area contributed by atoms with E-state index in [0.29, 0.717) is 35.0 Å². The summed E-state index contributed by atoms with van der Waals surface area (Å²) >= 11 is 0. The predicted molar refractivity (Wildman–Crippen MR) is 162 cm³/mol. The Morgan fingerprint density at radius 1 is 1.16 bits per heavy atom. The minimum atomic E-state index is -0.541. The lowest BCUT2D eigenvalue weighted by Gasteiger charge is -2.09. The van der Waals surface area contributed by atoms with Crippen molar-refractivity contribution >= 4 is 41.0 Å². The Bertz CT molecular complexity index is 1440. The number of nitrogens with one attached hydrogen (secondary N) is 4. The van der Waals surface area contributed by atoms with Crippen molar-refractivity contribution in [1.29, 1.82) is 0 Å². The zero-order valence-electron chi connectivity index (χ0n) is 24.9. The number of aliphatic hydroxyl groups excluding tert-OH is 1. The number of aromatic nitrogens is 2. The molecule has 0 bridgehead atoms. The monoisotopic (exact) mass is 606 g/mol. The number of carbonyl (C=O) groups excluding carboxylic acids is 4. The third kappa shape index (κ3) is 8.67. The molecule has 0 radical (unpaired) electrons. The van der Waals surface area contributed by atoms with E-state index in [0.717, 1.165) is 12.0 Å². The summed E-state index contributed by atoms with van der Waals surface area (Å²) in [7, 11) is 0. The molecule has 5 amide bonds. The van der Waals surface area contributed by atoms with E-state index in [1.165, 1.54) is 18.5 Å². The van der Waals surface area contributed by atoms with Gasteiger partial charge in [0.2, 0.25) is 11.8 Å². The van der Waals surface area contributed by atoms with Gasteiger partial charge < -0.3 is 36.8 Å². The Hall–Kier alpha value is -4.69. The number of rotatable bonds is 9. The Balaban J connectivity index is 0.00000141. The van der Waals surface area contributed by atoms with Gasteiger partial charge >= 0.3 is 6.03 Å². The number of hydrogen-bond acceptors (Lipinski definition) is 9. The maximum absolute atomic E-state index is 12.4. The number of ether oxygens (including phenoxy) is 1. The first-order valence-electron chi connectivity index (χ1n) is 14.5. The maximum atomic E-state index is 12.4. The van der Waals surface area contributed by atoms with Crippen LogP contribution in [0.2, 0.25) is 0 Å². The summed E-state index contributed by atoms with van der Waals surface area (Å²) in [5, 5.41) is 18.3. The SMILES string of the molecule is CC=C/C(=N\C(=O)NC1C2OC3CC3C12)NC(=O)CCC(=O)NCc1cnc(C(=O)Nc2ccc(C)cc2N)cn1.CCO. The molecule has 2 aliphatic carbocycles. The standard InChI is InChI=1S/C28H32N8O5.C2H6O/c1-3-4-21(35-28(40)36-25-24-16-10-20(16)41-26(24)25)34-23(38)8-7-22(37)32-12-15-11-31-19(13-30-15)27(39)33-18-6-5-14(2)9-17(18)29;1-2-3/h3-6,9,11,13,16,20,24-26H,7-8,10,12,29H2,1-2H3,(H,32,37)(H,33,39)(H2,34,35,36,38,40);3H,2H2,1H3. The molecule has 234 valence electrons. The van der Waals surface area contributed by atoms with Crippen LogP contribution in [-0.4, -0.2) is 69.5 Å². The van der Waals surface area contributed by atoms with Crippen molar-refractivity contribution < 1.29 is 29.0 Å². The molecule has 5 rings (SSSR count). The number of amidine groups is 1. The second-order valence-electron chi connectivity index (χ2n) is 10.7. The number of fused-ring (bicyclic) bond motifs is 3. The number of aliphatic hydroxyl groups is 1. The van der Waals surface area contributed by atoms with Gasteiger partial charge in [0, 0.05) is 25.4 Å². The molecule has 1 aromatic heterocycles. The minimum Gasteiger partial charge on any atom is -0.397 e. The molecule has 7 N–H and O–H groups in total. The molecule has 5 atom stereocenters. The van der Waals surface area contributed by atoms with Crippen LogP contribution >= 0.6 is 0 Å². The summed E-state index contributed by atoms with van der Waals surface area (Å²) in [6.45, 7) is 5.64. The Morgan fingerprint density at radius 2 is 1.91 bits per heavy atom. The molecule has 0 spiro atoms. The topological polar surface area (TPSA) is 210 Å². The number of aliphatic imine (C=N–C) groups is 1. The van der Waals surface area contributed by atoms with Crippen molar-refractivity contribution in [2.45, 2.75) is 64.8 Å². The van der Waals surface area contributed by atoms with E-state index in [4.69, 9.17) is 15.6 Å². The number of urea groups is 1. The van der Waals surface area contributed by atoms with E-state index >= 15 is 0 Å². The van der Waals surface area contributed by atoms with Gasteiger partial charge in [-0.2, -0.15) is 4.99 Å². The number of allylic oxidation sites excluding steroid dienone is 1. The van der Waals surface area contributed by atoms with Gasteiger partial charge in [0.1, 0.15) is 11.5 Å². The van der Waals surface area contributed by atoms with Gasteiger partial charge in [-0.3, -0.25) is 19.4 Å². The van der Waals surface area contributed by atoms with Crippen LogP contribution in [0.4, 0.5) is 16.2 Å². The summed E-state index contributed by atoms with van der Waals surface area (Å²) in [5.74, 6) is -0.270. The molecular weight excluding hydrogens is 568 g/mol. The summed E-state index contributed by atoms with van der Waals surface area (Å²) in [4.78, 5) is 61.6. The zero-order chi connectivity index (χ0) is 31.8. The zero-order valence-corrected chi connectivity index (χ0v) is 24.9. The number of anilines is 2. The van der Waals surface area contributed by atoms with Crippen LogP contribution in [0.5, 0.6) is 0 Å². The number of carbonyl (C=O) groups is 4. The van der Waals surface area contributed by atoms with Crippen LogP contribution in [0.1, 0.15) is 54.9 Å². The average molecular weight is 607 g/mol. The normalized spacial score (nSPS) is 22.5. The van der Waals surface area contributed by atoms with Gasteiger partial charge in [-0.25, -0.2) is 9.78 Å². The van der Waals surface area contributed by atoms with E-state index in [2.05, 4.69) is 36.2 Å². The first-order valence-corrected chi connectivity index (χ1v) is 14.5. The molecule has 1 saturated heterocycles. The van der Waals surface area contributed by atoms with E-state index in [-0.39, 0.29) is 55.6 Å². The highest BCUT2D eigenvalue weighted by Gasteiger charge is 2.70. The fraction of sp³-hybridized carbons (Fsp3) is 0.433. The van der Waals surface area contributed by atoms with Crippen LogP contribution in [0.15, 0.2) is 47.7 Å². The quantitative estimate of drug-likeness (QED) is 0.139. The van der Waals surface area contributed by atoms with Gasteiger partial charge in [-0.1, -0.05) is 12.1 Å². The molecule has 14 nitrogen and oxygen atoms in total. The van der Waals surface area contributed by atoms with E-state index < -0.39 is 17.8 Å². The number of hydrogen-bond donors (Lipinski definition) is 6.